The predicted molar refractivity (Wildman–Crippen MR) is 104 cm³/mol. The first-order valence-electron chi connectivity index (χ1n) is 8.47. The highest BCUT2D eigenvalue weighted by Crippen LogP contribution is 2.27. The summed E-state index contributed by atoms with van der Waals surface area (Å²) in [6, 6.07) is 10.9. The molecule has 0 bridgehead atoms. The van der Waals surface area contributed by atoms with Crippen molar-refractivity contribution in [2.24, 2.45) is 0 Å². The van der Waals surface area contributed by atoms with Crippen molar-refractivity contribution in [2.75, 3.05) is 26.2 Å². The van der Waals surface area contributed by atoms with Gasteiger partial charge in [0, 0.05) is 31.7 Å². The van der Waals surface area contributed by atoms with Crippen LogP contribution in [-0.4, -0.2) is 47.8 Å². The van der Waals surface area contributed by atoms with Gasteiger partial charge in [0.15, 0.2) is 0 Å². The standard InChI is InChI=1S/C20H20Cl2N2O2/c1-13-10-14(2)12-15(11-13)19(25)23-6-8-24(9-7-23)20(26)16-4-3-5-17(21)18(16)22/h3-5,10-12H,6-9H2,1-2H3. The van der Waals surface area contributed by atoms with Crippen molar-refractivity contribution >= 4 is 35.0 Å². The van der Waals surface area contributed by atoms with Crippen LogP contribution in [0.25, 0.3) is 0 Å². The summed E-state index contributed by atoms with van der Waals surface area (Å²) in [5.74, 6) is -0.152. The first-order chi connectivity index (χ1) is 12.4. The molecule has 0 aliphatic carbocycles. The number of hydrogen-bond donors (Lipinski definition) is 0. The van der Waals surface area contributed by atoms with Crippen LogP contribution in [0.15, 0.2) is 36.4 Å². The first-order valence-corrected chi connectivity index (χ1v) is 9.23. The lowest BCUT2D eigenvalue weighted by atomic mass is 10.1. The number of amides is 2. The highest BCUT2D eigenvalue weighted by molar-refractivity contribution is 6.43. The van der Waals surface area contributed by atoms with Crippen LogP contribution in [0.3, 0.4) is 0 Å². The highest BCUT2D eigenvalue weighted by atomic mass is 35.5. The lowest BCUT2D eigenvalue weighted by Gasteiger charge is -2.35. The number of carbonyl (C=O) groups excluding carboxylic acids is 2. The number of rotatable bonds is 2. The van der Waals surface area contributed by atoms with E-state index in [9.17, 15) is 9.59 Å². The zero-order valence-corrected chi connectivity index (χ0v) is 16.3. The van der Waals surface area contributed by atoms with E-state index < -0.39 is 0 Å². The second-order valence-electron chi connectivity index (χ2n) is 6.56. The molecule has 1 heterocycles. The fourth-order valence-electron chi connectivity index (χ4n) is 3.23. The van der Waals surface area contributed by atoms with Gasteiger partial charge in [-0.2, -0.15) is 0 Å². The molecule has 136 valence electrons. The lowest BCUT2D eigenvalue weighted by molar-refractivity contribution is 0.0535. The van der Waals surface area contributed by atoms with Crippen LogP contribution in [0.1, 0.15) is 31.8 Å². The van der Waals surface area contributed by atoms with Crippen molar-refractivity contribution in [2.45, 2.75) is 13.8 Å². The van der Waals surface area contributed by atoms with Gasteiger partial charge in [0.05, 0.1) is 15.6 Å². The smallest absolute Gasteiger partial charge is 0.255 e. The fraction of sp³-hybridized carbons (Fsp3) is 0.300. The summed E-state index contributed by atoms with van der Waals surface area (Å²) in [5.41, 5.74) is 3.23. The van der Waals surface area contributed by atoms with Crippen molar-refractivity contribution < 1.29 is 9.59 Å². The molecule has 6 heteroatoms. The van der Waals surface area contributed by atoms with E-state index in [2.05, 4.69) is 0 Å². The zero-order chi connectivity index (χ0) is 18.8. The quantitative estimate of drug-likeness (QED) is 0.770. The maximum Gasteiger partial charge on any atom is 0.255 e. The Morgan fingerprint density at radius 3 is 1.96 bits per heavy atom. The predicted octanol–water partition coefficient (Wildman–Crippen LogP) is 4.21. The molecule has 26 heavy (non-hydrogen) atoms. The third-order valence-corrected chi connectivity index (χ3v) is 5.32. The SMILES string of the molecule is Cc1cc(C)cc(C(=O)N2CCN(C(=O)c3cccc(Cl)c3Cl)CC2)c1. The second-order valence-corrected chi connectivity index (χ2v) is 7.35. The van der Waals surface area contributed by atoms with E-state index in [4.69, 9.17) is 23.2 Å². The number of aryl methyl sites for hydroxylation is 2. The molecule has 0 radical (unpaired) electrons. The Hall–Kier alpha value is -2.04. The van der Waals surface area contributed by atoms with Crippen molar-refractivity contribution in [1.82, 2.24) is 9.80 Å². The molecular weight excluding hydrogens is 371 g/mol. The second kappa shape index (κ2) is 7.68. The summed E-state index contributed by atoms with van der Waals surface area (Å²) in [7, 11) is 0. The molecule has 0 N–H and O–H groups in total. The number of nitrogens with zero attached hydrogens (tertiary/aromatic N) is 2. The molecule has 0 unspecified atom stereocenters. The van der Waals surface area contributed by atoms with Gasteiger partial charge in [-0.25, -0.2) is 0 Å². The molecule has 1 saturated heterocycles. The van der Waals surface area contributed by atoms with Gasteiger partial charge in [-0.3, -0.25) is 9.59 Å². The Bertz CT molecular complexity index is 839. The Kier molecular flexibility index (Phi) is 5.54. The number of benzene rings is 2. The van der Waals surface area contributed by atoms with Crippen molar-refractivity contribution in [3.8, 4) is 0 Å². The van der Waals surface area contributed by atoms with Crippen molar-refractivity contribution in [1.29, 1.82) is 0 Å². The van der Waals surface area contributed by atoms with Gasteiger partial charge in [-0.15, -0.1) is 0 Å². The normalized spacial score (nSPS) is 14.5. The number of piperazine rings is 1. The molecule has 2 amide bonds. The maximum atomic E-state index is 12.7. The van der Waals surface area contributed by atoms with Crippen LogP contribution in [0, 0.1) is 13.8 Å². The maximum absolute atomic E-state index is 12.7. The summed E-state index contributed by atoms with van der Waals surface area (Å²) in [4.78, 5) is 28.9. The Balaban J connectivity index is 1.68. The number of carbonyl (C=O) groups is 2. The van der Waals surface area contributed by atoms with E-state index in [1.807, 2.05) is 32.0 Å². The molecule has 2 aromatic rings. The summed E-state index contributed by atoms with van der Waals surface area (Å²) in [5, 5.41) is 0.633. The molecule has 1 aliphatic heterocycles. The van der Waals surface area contributed by atoms with Gasteiger partial charge in [-0.05, 0) is 38.1 Å². The van der Waals surface area contributed by atoms with Crippen LogP contribution in [0.2, 0.25) is 10.0 Å². The lowest BCUT2D eigenvalue weighted by Crippen LogP contribution is -2.50. The average molecular weight is 391 g/mol. The summed E-state index contributed by atoms with van der Waals surface area (Å²) in [6.07, 6.45) is 0. The molecule has 0 saturated carbocycles. The molecular formula is C20H20Cl2N2O2. The molecule has 4 nitrogen and oxygen atoms in total. The van der Waals surface area contributed by atoms with Crippen LogP contribution < -0.4 is 0 Å². The number of hydrogen-bond acceptors (Lipinski definition) is 2. The zero-order valence-electron chi connectivity index (χ0n) is 14.8. The van der Waals surface area contributed by atoms with E-state index in [0.717, 1.165) is 11.1 Å². The molecule has 0 atom stereocenters. The van der Waals surface area contributed by atoms with Gasteiger partial charge in [0.25, 0.3) is 11.8 Å². The molecule has 2 aromatic carbocycles. The first kappa shape index (κ1) is 18.7. The molecule has 0 aromatic heterocycles. The summed E-state index contributed by atoms with van der Waals surface area (Å²) in [6.45, 7) is 5.89. The largest absolute Gasteiger partial charge is 0.335 e. The third-order valence-electron chi connectivity index (χ3n) is 4.50. The Morgan fingerprint density at radius 2 is 1.38 bits per heavy atom. The Morgan fingerprint density at radius 1 is 0.846 bits per heavy atom. The van der Waals surface area contributed by atoms with Crippen LogP contribution in [0.4, 0.5) is 0 Å². The van der Waals surface area contributed by atoms with E-state index in [0.29, 0.717) is 42.3 Å². The Labute approximate surface area is 163 Å². The van der Waals surface area contributed by atoms with Gasteiger partial charge >= 0.3 is 0 Å². The van der Waals surface area contributed by atoms with Crippen LogP contribution in [-0.2, 0) is 0 Å². The van der Waals surface area contributed by atoms with Crippen molar-refractivity contribution in [3.63, 3.8) is 0 Å². The molecule has 3 rings (SSSR count). The molecule has 1 aliphatic rings. The number of halogens is 2. The topological polar surface area (TPSA) is 40.6 Å². The monoisotopic (exact) mass is 390 g/mol. The van der Waals surface area contributed by atoms with E-state index in [-0.39, 0.29) is 16.8 Å². The van der Waals surface area contributed by atoms with Gasteiger partial charge in [0.1, 0.15) is 0 Å². The molecule has 1 fully saturated rings. The molecule has 0 spiro atoms. The average Bonchev–Trinajstić information content (AvgIpc) is 2.62. The van der Waals surface area contributed by atoms with Crippen LogP contribution >= 0.6 is 23.2 Å². The summed E-state index contributed by atoms with van der Waals surface area (Å²) < 4.78 is 0. The summed E-state index contributed by atoms with van der Waals surface area (Å²) >= 11 is 12.2. The van der Waals surface area contributed by atoms with E-state index in [1.54, 1.807) is 28.0 Å². The van der Waals surface area contributed by atoms with E-state index >= 15 is 0 Å². The fourth-order valence-corrected chi connectivity index (χ4v) is 3.61. The van der Waals surface area contributed by atoms with E-state index in [1.165, 1.54) is 0 Å². The van der Waals surface area contributed by atoms with Crippen LogP contribution in [0.5, 0.6) is 0 Å². The van der Waals surface area contributed by atoms with Gasteiger partial charge in [0.2, 0.25) is 0 Å². The minimum absolute atomic E-state index is 0.00434. The minimum Gasteiger partial charge on any atom is -0.335 e. The highest BCUT2D eigenvalue weighted by Gasteiger charge is 2.27. The minimum atomic E-state index is -0.156. The van der Waals surface area contributed by atoms with Crippen molar-refractivity contribution in [3.05, 3.63) is 68.7 Å². The van der Waals surface area contributed by atoms with Gasteiger partial charge < -0.3 is 9.80 Å². The van der Waals surface area contributed by atoms with Gasteiger partial charge in [-0.1, -0.05) is 46.5 Å². The third kappa shape index (κ3) is 3.87.